The lowest BCUT2D eigenvalue weighted by molar-refractivity contribution is 0.0199. The van der Waals surface area contributed by atoms with Crippen LogP contribution in [0.15, 0.2) is 24.3 Å². The molecule has 0 unspecified atom stereocenters. The summed E-state index contributed by atoms with van der Waals surface area (Å²) in [5, 5.41) is 0.914. The highest BCUT2D eigenvalue weighted by Gasteiger charge is 2.85. The second-order valence-corrected chi connectivity index (χ2v) is 13.2. The molecule has 0 radical (unpaired) electrons. The van der Waals surface area contributed by atoms with E-state index in [2.05, 4.69) is 18.2 Å². The average Bonchev–Trinajstić information content (AvgIpc) is 3.24. The van der Waals surface area contributed by atoms with E-state index >= 15 is 0 Å². The van der Waals surface area contributed by atoms with Crippen molar-refractivity contribution in [1.29, 1.82) is 0 Å². The van der Waals surface area contributed by atoms with Gasteiger partial charge in [-0.2, -0.15) is 0 Å². The highest BCUT2D eigenvalue weighted by molar-refractivity contribution is 5.91. The molecule has 0 aliphatic heterocycles. The zero-order valence-electron chi connectivity index (χ0n) is 22.4. The van der Waals surface area contributed by atoms with Gasteiger partial charge < -0.3 is 14.4 Å². The molecule has 196 valence electrons. The number of carbonyl (C=O) groups is 2. The molecular weight excluding hydrogens is 459 g/mol. The quantitative estimate of drug-likeness (QED) is 0.433. The molecule has 0 saturated heterocycles. The molecule has 1 aromatic carbocycles. The van der Waals surface area contributed by atoms with E-state index in [1.54, 1.807) is 9.47 Å². The number of aromatic nitrogens is 1. The number of hydrogen-bond donors (Lipinski definition) is 0. The Hall–Kier alpha value is -2.57. The molecule has 6 nitrogen and oxygen atoms in total. The fourth-order valence-corrected chi connectivity index (χ4v) is 5.69. The third-order valence-electron chi connectivity index (χ3n) is 7.74. The number of hydrogen-bond acceptors (Lipinski definition) is 4. The summed E-state index contributed by atoms with van der Waals surface area (Å²) in [5.41, 5.74) is -0.298. The van der Waals surface area contributed by atoms with Crippen LogP contribution in [-0.4, -0.2) is 45.1 Å². The van der Waals surface area contributed by atoms with Crippen molar-refractivity contribution in [2.75, 3.05) is 6.54 Å². The number of halogens is 1. The number of nitrogens with zero attached hydrogens (tertiary/aromatic N) is 2. The first-order chi connectivity index (χ1) is 16.7. The van der Waals surface area contributed by atoms with Crippen molar-refractivity contribution in [3.05, 3.63) is 35.5 Å². The molecule has 0 spiro atoms. The summed E-state index contributed by atoms with van der Waals surface area (Å²) in [5.74, 6) is 0.500. The summed E-state index contributed by atoms with van der Waals surface area (Å²) >= 11 is 0. The fourth-order valence-electron chi connectivity index (χ4n) is 5.69. The summed E-state index contributed by atoms with van der Waals surface area (Å²) in [6, 6.07) is 8.25. The van der Waals surface area contributed by atoms with Crippen molar-refractivity contribution in [3.8, 4) is 0 Å². The Morgan fingerprint density at radius 3 is 2.19 bits per heavy atom. The smallest absolute Gasteiger partial charge is 0.419 e. The first kappa shape index (κ1) is 25.1. The molecule has 1 aromatic heterocycles. The number of fused-ring (bicyclic) bond motifs is 2. The lowest BCUT2D eigenvalue weighted by Gasteiger charge is -2.28. The summed E-state index contributed by atoms with van der Waals surface area (Å²) in [6.45, 7) is 11.4. The van der Waals surface area contributed by atoms with Gasteiger partial charge >= 0.3 is 12.2 Å². The zero-order chi connectivity index (χ0) is 26.1. The van der Waals surface area contributed by atoms with E-state index in [-0.39, 0.29) is 13.1 Å². The minimum atomic E-state index is -1.14. The van der Waals surface area contributed by atoms with Gasteiger partial charge in [0.25, 0.3) is 0 Å². The first-order valence-corrected chi connectivity index (χ1v) is 13.2. The van der Waals surface area contributed by atoms with Crippen LogP contribution in [0.3, 0.4) is 0 Å². The second kappa shape index (κ2) is 8.22. The van der Waals surface area contributed by atoms with Crippen molar-refractivity contribution in [1.82, 2.24) is 9.47 Å². The van der Waals surface area contributed by atoms with Crippen LogP contribution in [0.25, 0.3) is 10.9 Å². The Labute approximate surface area is 213 Å². The number of rotatable bonds is 5. The topological polar surface area (TPSA) is 60.8 Å². The van der Waals surface area contributed by atoms with E-state index in [0.717, 1.165) is 23.7 Å². The predicted molar refractivity (Wildman–Crippen MR) is 137 cm³/mol. The zero-order valence-corrected chi connectivity index (χ0v) is 22.4. The molecule has 36 heavy (non-hydrogen) atoms. The monoisotopic (exact) mass is 498 g/mol. The van der Waals surface area contributed by atoms with Crippen LogP contribution >= 0.6 is 0 Å². The van der Waals surface area contributed by atoms with Gasteiger partial charge in [-0.25, -0.2) is 18.5 Å². The van der Waals surface area contributed by atoms with Gasteiger partial charge in [-0.05, 0) is 90.8 Å². The average molecular weight is 499 g/mol. The number of carbonyl (C=O) groups excluding carboxylic acids is 2. The molecule has 3 aliphatic rings. The third kappa shape index (κ3) is 4.85. The largest absolute Gasteiger partial charge is 0.444 e. The van der Waals surface area contributed by atoms with Crippen molar-refractivity contribution in [2.24, 2.45) is 5.41 Å². The molecule has 2 aromatic rings. The van der Waals surface area contributed by atoms with Crippen molar-refractivity contribution in [2.45, 2.75) is 109 Å². The molecule has 1 amide bonds. The van der Waals surface area contributed by atoms with Crippen LogP contribution in [0.4, 0.5) is 14.0 Å². The Bertz CT molecular complexity index is 1190. The summed E-state index contributed by atoms with van der Waals surface area (Å²) < 4.78 is 27.6. The van der Waals surface area contributed by atoms with Crippen LogP contribution in [-0.2, 0) is 16.0 Å². The van der Waals surface area contributed by atoms with Crippen LogP contribution in [0.1, 0.15) is 97.2 Å². The Morgan fingerprint density at radius 2 is 1.64 bits per heavy atom. The lowest BCUT2D eigenvalue weighted by Crippen LogP contribution is -2.39. The lowest BCUT2D eigenvalue weighted by atomic mass is 9.97. The molecule has 1 heterocycles. The van der Waals surface area contributed by atoms with E-state index in [9.17, 15) is 14.0 Å². The van der Waals surface area contributed by atoms with Gasteiger partial charge in [-0.3, -0.25) is 0 Å². The van der Waals surface area contributed by atoms with Gasteiger partial charge in [0.1, 0.15) is 16.9 Å². The van der Waals surface area contributed by atoms with Gasteiger partial charge in [0.15, 0.2) is 0 Å². The number of alkyl halides is 1. The predicted octanol–water partition coefficient (Wildman–Crippen LogP) is 7.32. The van der Waals surface area contributed by atoms with Crippen LogP contribution in [0.2, 0.25) is 0 Å². The van der Waals surface area contributed by atoms with Crippen LogP contribution in [0.5, 0.6) is 0 Å². The molecule has 0 N–H and O–H groups in total. The summed E-state index contributed by atoms with van der Waals surface area (Å²) in [4.78, 5) is 28.2. The van der Waals surface area contributed by atoms with Gasteiger partial charge in [0.05, 0.1) is 12.1 Å². The first-order valence-electron chi connectivity index (χ1n) is 13.2. The summed E-state index contributed by atoms with van der Waals surface area (Å²) in [7, 11) is 0. The molecular formula is C29H39FN2O4. The Balaban J connectivity index is 1.52. The van der Waals surface area contributed by atoms with Crippen molar-refractivity contribution in [3.63, 3.8) is 0 Å². The molecule has 0 atom stereocenters. The number of ether oxygens (including phenoxy) is 2. The van der Waals surface area contributed by atoms with E-state index in [0.29, 0.717) is 24.5 Å². The maximum atomic E-state index is 14.5. The van der Waals surface area contributed by atoms with E-state index in [4.69, 9.17) is 9.47 Å². The van der Waals surface area contributed by atoms with Crippen LogP contribution in [0, 0.1) is 5.41 Å². The highest BCUT2D eigenvalue weighted by atomic mass is 19.1. The second-order valence-electron chi connectivity index (χ2n) is 13.2. The van der Waals surface area contributed by atoms with E-state index in [1.807, 2.05) is 47.6 Å². The molecule has 7 heteroatoms. The fraction of sp³-hybridized carbons (Fsp3) is 0.655. The van der Waals surface area contributed by atoms with Gasteiger partial charge in [-0.1, -0.05) is 25.0 Å². The van der Waals surface area contributed by atoms with Crippen molar-refractivity contribution < 1.29 is 23.5 Å². The molecule has 3 saturated carbocycles. The van der Waals surface area contributed by atoms with Gasteiger partial charge in [0.2, 0.25) is 0 Å². The third-order valence-corrected chi connectivity index (χ3v) is 7.74. The Kier molecular flexibility index (Phi) is 5.73. The number of benzene rings is 1. The van der Waals surface area contributed by atoms with Crippen LogP contribution < -0.4 is 0 Å². The minimum Gasteiger partial charge on any atom is -0.444 e. The molecule has 5 rings (SSSR count). The number of amides is 1. The van der Waals surface area contributed by atoms with E-state index in [1.165, 1.54) is 18.4 Å². The minimum absolute atomic E-state index is 0.138. The van der Waals surface area contributed by atoms with Crippen molar-refractivity contribution >= 4 is 23.1 Å². The normalized spacial score (nSPS) is 25.5. The maximum Gasteiger partial charge on any atom is 0.419 e. The molecule has 0 bridgehead atoms. The van der Waals surface area contributed by atoms with Gasteiger partial charge in [0, 0.05) is 23.0 Å². The SMILES string of the molecule is CC(C)(C)OC(=O)N(Cc1cc2ccc(C3CCCC3)cc2n1C(=O)OC(C)(C)C)CC12CC1(F)C2. The highest BCUT2D eigenvalue weighted by Crippen LogP contribution is 2.81. The Morgan fingerprint density at radius 1 is 1.03 bits per heavy atom. The van der Waals surface area contributed by atoms with Gasteiger partial charge in [-0.15, -0.1) is 0 Å². The molecule has 3 fully saturated rings. The standard InChI is InChI=1S/C29H39FN2O4/c1-26(2,3)35-24(33)31(18-28-16-29(28,30)17-28)15-22-13-21-12-11-20(19-9-7-8-10-19)14-23(21)32(22)25(34)36-27(4,5)6/h11-14,19H,7-10,15-18H2,1-6H3. The molecule has 3 aliphatic carbocycles. The maximum absolute atomic E-state index is 14.5. The van der Waals surface area contributed by atoms with E-state index < -0.39 is 34.5 Å². The summed E-state index contributed by atoms with van der Waals surface area (Å²) in [6.07, 6.45) is 4.77.